The van der Waals surface area contributed by atoms with E-state index in [2.05, 4.69) is 15.2 Å². The van der Waals surface area contributed by atoms with Gasteiger partial charge in [0.2, 0.25) is 0 Å². The van der Waals surface area contributed by atoms with Gasteiger partial charge < -0.3 is 10.1 Å². The SMILES string of the molecule is COC(=O)c1cc(NC(=O)c2ccc(-n3cccn3)cc2)ccc1Cl. The van der Waals surface area contributed by atoms with Gasteiger partial charge in [0.25, 0.3) is 5.91 Å². The van der Waals surface area contributed by atoms with Crippen LogP contribution in [0.25, 0.3) is 5.69 Å². The number of hydrogen-bond acceptors (Lipinski definition) is 4. The third-order valence-corrected chi connectivity index (χ3v) is 3.86. The Hall–Kier alpha value is -3.12. The average Bonchev–Trinajstić information content (AvgIpc) is 3.17. The van der Waals surface area contributed by atoms with Crippen molar-refractivity contribution in [2.75, 3.05) is 12.4 Å². The third kappa shape index (κ3) is 3.70. The van der Waals surface area contributed by atoms with E-state index in [0.717, 1.165) is 5.69 Å². The zero-order chi connectivity index (χ0) is 17.8. The molecular weight excluding hydrogens is 342 g/mol. The molecule has 0 unspecified atom stereocenters. The highest BCUT2D eigenvalue weighted by atomic mass is 35.5. The highest BCUT2D eigenvalue weighted by Gasteiger charge is 2.13. The fraction of sp³-hybridized carbons (Fsp3) is 0.0556. The van der Waals surface area contributed by atoms with Crippen molar-refractivity contribution in [2.45, 2.75) is 0 Å². The van der Waals surface area contributed by atoms with Crippen LogP contribution in [0.15, 0.2) is 60.9 Å². The minimum absolute atomic E-state index is 0.191. The van der Waals surface area contributed by atoms with E-state index in [1.165, 1.54) is 19.2 Å². The molecule has 0 aliphatic heterocycles. The molecule has 0 bridgehead atoms. The zero-order valence-corrected chi connectivity index (χ0v) is 14.0. The molecule has 0 radical (unpaired) electrons. The smallest absolute Gasteiger partial charge is 0.339 e. The maximum Gasteiger partial charge on any atom is 0.339 e. The average molecular weight is 356 g/mol. The summed E-state index contributed by atoms with van der Waals surface area (Å²) in [4.78, 5) is 24.0. The molecule has 1 aromatic heterocycles. The molecule has 0 aliphatic carbocycles. The lowest BCUT2D eigenvalue weighted by atomic mass is 10.1. The summed E-state index contributed by atoms with van der Waals surface area (Å²) in [5.74, 6) is -0.866. The number of ether oxygens (including phenoxy) is 1. The Kier molecular flexibility index (Phi) is 4.81. The number of nitrogens with one attached hydrogen (secondary N) is 1. The van der Waals surface area contributed by atoms with Crippen LogP contribution in [0.3, 0.4) is 0 Å². The van der Waals surface area contributed by atoms with Crippen LogP contribution in [0.5, 0.6) is 0 Å². The Morgan fingerprint density at radius 2 is 1.92 bits per heavy atom. The number of esters is 1. The van der Waals surface area contributed by atoms with Crippen LogP contribution in [0.4, 0.5) is 5.69 Å². The number of carbonyl (C=O) groups is 2. The van der Waals surface area contributed by atoms with Crippen LogP contribution in [-0.4, -0.2) is 28.8 Å². The molecule has 126 valence electrons. The lowest BCUT2D eigenvalue weighted by Gasteiger charge is -2.09. The number of amides is 1. The second kappa shape index (κ2) is 7.19. The van der Waals surface area contributed by atoms with Crippen LogP contribution >= 0.6 is 11.6 Å². The van der Waals surface area contributed by atoms with Crippen LogP contribution < -0.4 is 5.32 Å². The van der Waals surface area contributed by atoms with Gasteiger partial charge in [0.05, 0.1) is 23.4 Å². The Labute approximate surface area is 149 Å². The first-order chi connectivity index (χ1) is 12.1. The predicted octanol–water partition coefficient (Wildman–Crippen LogP) is 3.56. The molecule has 0 spiro atoms. The molecular formula is C18H14ClN3O3. The van der Waals surface area contributed by atoms with E-state index in [1.807, 2.05) is 12.3 Å². The van der Waals surface area contributed by atoms with Gasteiger partial charge in [0.1, 0.15) is 0 Å². The molecule has 0 atom stereocenters. The summed E-state index contributed by atoms with van der Waals surface area (Å²) in [6.07, 6.45) is 3.50. The molecule has 7 heteroatoms. The molecule has 0 saturated heterocycles. The van der Waals surface area contributed by atoms with Crippen molar-refractivity contribution < 1.29 is 14.3 Å². The fourth-order valence-electron chi connectivity index (χ4n) is 2.26. The maximum absolute atomic E-state index is 12.4. The lowest BCUT2D eigenvalue weighted by Crippen LogP contribution is -2.13. The summed E-state index contributed by atoms with van der Waals surface area (Å²) in [5, 5.41) is 7.12. The summed E-state index contributed by atoms with van der Waals surface area (Å²) >= 11 is 5.97. The Morgan fingerprint density at radius 1 is 1.16 bits per heavy atom. The fourth-order valence-corrected chi connectivity index (χ4v) is 2.45. The van der Waals surface area contributed by atoms with Crippen LogP contribution in [0.2, 0.25) is 5.02 Å². The van der Waals surface area contributed by atoms with E-state index in [1.54, 1.807) is 41.2 Å². The van der Waals surface area contributed by atoms with Crippen molar-refractivity contribution in [3.8, 4) is 5.69 Å². The highest BCUT2D eigenvalue weighted by Crippen LogP contribution is 2.22. The van der Waals surface area contributed by atoms with Crippen molar-refractivity contribution in [1.82, 2.24) is 9.78 Å². The number of carbonyl (C=O) groups excluding carboxylic acids is 2. The predicted molar refractivity (Wildman–Crippen MR) is 94.3 cm³/mol. The minimum atomic E-state index is -0.565. The van der Waals surface area contributed by atoms with Gasteiger partial charge in [-0.05, 0) is 48.5 Å². The topological polar surface area (TPSA) is 73.2 Å². The van der Waals surface area contributed by atoms with Crippen molar-refractivity contribution in [2.24, 2.45) is 0 Å². The van der Waals surface area contributed by atoms with Gasteiger partial charge >= 0.3 is 5.97 Å². The number of methoxy groups -OCH3 is 1. The largest absolute Gasteiger partial charge is 0.465 e. The molecule has 0 aliphatic rings. The highest BCUT2D eigenvalue weighted by molar-refractivity contribution is 6.33. The van der Waals surface area contributed by atoms with E-state index < -0.39 is 5.97 Å². The van der Waals surface area contributed by atoms with Gasteiger partial charge in [0.15, 0.2) is 0 Å². The van der Waals surface area contributed by atoms with Gasteiger partial charge in [0, 0.05) is 23.6 Å². The molecule has 6 nitrogen and oxygen atoms in total. The van der Waals surface area contributed by atoms with Gasteiger partial charge in [-0.3, -0.25) is 4.79 Å². The monoisotopic (exact) mass is 355 g/mol. The summed E-state index contributed by atoms with van der Waals surface area (Å²) in [6, 6.07) is 13.4. The Bertz CT molecular complexity index is 906. The number of aromatic nitrogens is 2. The third-order valence-electron chi connectivity index (χ3n) is 3.53. The number of anilines is 1. The molecule has 0 saturated carbocycles. The Balaban J connectivity index is 1.77. The van der Waals surface area contributed by atoms with Gasteiger partial charge in [-0.1, -0.05) is 11.6 Å². The standard InChI is InChI=1S/C18H14ClN3O3/c1-25-18(24)15-11-13(5-8-16(15)19)21-17(23)12-3-6-14(7-4-12)22-10-2-9-20-22/h2-11H,1H3,(H,21,23). The first-order valence-electron chi connectivity index (χ1n) is 7.38. The van der Waals surface area contributed by atoms with Crippen LogP contribution in [0, 0.1) is 0 Å². The lowest BCUT2D eigenvalue weighted by molar-refractivity contribution is 0.0600. The number of benzene rings is 2. The van der Waals surface area contributed by atoms with E-state index in [-0.39, 0.29) is 16.5 Å². The molecule has 0 fully saturated rings. The number of rotatable bonds is 4. The van der Waals surface area contributed by atoms with E-state index in [0.29, 0.717) is 11.3 Å². The number of hydrogen-bond donors (Lipinski definition) is 1. The molecule has 1 N–H and O–H groups in total. The summed E-state index contributed by atoms with van der Waals surface area (Å²) in [6.45, 7) is 0. The number of halogens is 1. The van der Waals surface area contributed by atoms with E-state index in [4.69, 9.17) is 11.6 Å². The van der Waals surface area contributed by atoms with Crippen molar-refractivity contribution in [1.29, 1.82) is 0 Å². The van der Waals surface area contributed by atoms with Gasteiger partial charge in [-0.25, -0.2) is 9.48 Å². The normalized spacial score (nSPS) is 10.3. The first-order valence-corrected chi connectivity index (χ1v) is 7.75. The quantitative estimate of drug-likeness (QED) is 0.726. The molecule has 1 amide bonds. The maximum atomic E-state index is 12.4. The summed E-state index contributed by atoms with van der Waals surface area (Å²) in [5.41, 5.74) is 1.97. The molecule has 3 rings (SSSR count). The minimum Gasteiger partial charge on any atom is -0.465 e. The second-order valence-corrected chi connectivity index (χ2v) is 5.55. The van der Waals surface area contributed by atoms with E-state index >= 15 is 0 Å². The Morgan fingerprint density at radius 3 is 2.56 bits per heavy atom. The summed E-state index contributed by atoms with van der Waals surface area (Å²) < 4.78 is 6.36. The van der Waals surface area contributed by atoms with Crippen molar-refractivity contribution >= 4 is 29.2 Å². The molecule has 1 heterocycles. The second-order valence-electron chi connectivity index (χ2n) is 5.14. The van der Waals surface area contributed by atoms with Crippen LogP contribution in [-0.2, 0) is 4.74 Å². The zero-order valence-electron chi connectivity index (χ0n) is 13.3. The van der Waals surface area contributed by atoms with Gasteiger partial charge in [-0.2, -0.15) is 5.10 Å². The molecule has 25 heavy (non-hydrogen) atoms. The molecule has 2 aromatic carbocycles. The summed E-state index contributed by atoms with van der Waals surface area (Å²) in [7, 11) is 1.27. The van der Waals surface area contributed by atoms with E-state index in [9.17, 15) is 9.59 Å². The van der Waals surface area contributed by atoms with Gasteiger partial charge in [-0.15, -0.1) is 0 Å². The molecule has 3 aromatic rings. The first kappa shape index (κ1) is 16.7. The van der Waals surface area contributed by atoms with Crippen molar-refractivity contribution in [3.05, 3.63) is 77.1 Å². The van der Waals surface area contributed by atoms with Crippen molar-refractivity contribution in [3.63, 3.8) is 0 Å². The van der Waals surface area contributed by atoms with Crippen LogP contribution in [0.1, 0.15) is 20.7 Å². The number of nitrogens with zero attached hydrogens (tertiary/aromatic N) is 2.